The van der Waals surface area contributed by atoms with Gasteiger partial charge < -0.3 is 9.80 Å². The molecular weight excluding hydrogens is 536 g/mol. The predicted octanol–water partition coefficient (Wildman–Crippen LogP) is 1.67. The Kier molecular flexibility index (Phi) is 6.37. The van der Waals surface area contributed by atoms with Crippen molar-refractivity contribution in [3.63, 3.8) is 0 Å². The molecule has 0 unspecified atom stereocenters. The van der Waals surface area contributed by atoms with E-state index in [4.69, 9.17) is 0 Å². The van der Waals surface area contributed by atoms with Gasteiger partial charge in [-0.1, -0.05) is 64.5 Å². The Hall–Kier alpha value is -2.65. The average Bonchev–Trinajstić information content (AvgIpc) is 3.37. The summed E-state index contributed by atoms with van der Waals surface area (Å²) >= 11 is 4.93. The summed E-state index contributed by atoms with van der Waals surface area (Å²) in [7, 11) is 0. The maximum absolute atomic E-state index is 14.2. The number of benzene rings is 3. The normalized spacial score (nSPS) is 25.6. The van der Waals surface area contributed by atoms with Crippen LogP contribution in [0.3, 0.4) is 0 Å². The highest BCUT2D eigenvalue weighted by molar-refractivity contribution is 9.10. The molecule has 0 aromatic heterocycles. The van der Waals surface area contributed by atoms with E-state index in [-0.39, 0.29) is 11.8 Å². The highest BCUT2D eigenvalue weighted by Crippen LogP contribution is 2.55. The van der Waals surface area contributed by atoms with Crippen molar-refractivity contribution in [2.45, 2.75) is 11.4 Å². The molecule has 1 atom stereocenters. The van der Waals surface area contributed by atoms with Crippen LogP contribution in [0.15, 0.2) is 83.3 Å². The molecule has 3 aromatic carbocycles. The first-order valence-electron chi connectivity index (χ1n) is 12.4. The molecule has 3 aromatic rings. The van der Waals surface area contributed by atoms with Gasteiger partial charge in [-0.05, 0) is 30.3 Å². The Morgan fingerprint density at radius 2 is 1.50 bits per heavy atom. The number of para-hydroxylation sites is 1. The first-order valence-corrected chi connectivity index (χ1v) is 14.2. The molecule has 0 saturated carbocycles. The standard InChI is InChI=1S/C28H27BrN4O2S/c29-22-10-12-23(13-11-22)33-26(34)19-36-28(33)24-8-4-5-9-25(24)32(27(28)35)20-31-16-14-30(15-17-31)18-21-6-2-1-3-7-21/h1-13H,14-20H2/p+2/t28-/m1/s1. The summed E-state index contributed by atoms with van der Waals surface area (Å²) in [5.74, 6) is 0.255. The van der Waals surface area contributed by atoms with Gasteiger partial charge in [-0.25, -0.2) is 0 Å². The first-order chi connectivity index (χ1) is 17.6. The fraction of sp³-hybridized carbons (Fsp3) is 0.286. The Morgan fingerprint density at radius 3 is 2.25 bits per heavy atom. The van der Waals surface area contributed by atoms with Crippen LogP contribution in [0, 0.1) is 0 Å². The summed E-state index contributed by atoms with van der Waals surface area (Å²) in [6.45, 7) is 5.87. The number of piperazine rings is 1. The summed E-state index contributed by atoms with van der Waals surface area (Å²) in [6, 6.07) is 26.3. The minimum atomic E-state index is -1.04. The van der Waals surface area contributed by atoms with E-state index in [0.29, 0.717) is 12.4 Å². The van der Waals surface area contributed by atoms with E-state index in [1.807, 2.05) is 53.4 Å². The molecule has 184 valence electrons. The molecule has 2 saturated heterocycles. The zero-order valence-corrected chi connectivity index (χ0v) is 22.4. The smallest absolute Gasteiger partial charge is 0.273 e. The number of carbonyl (C=O) groups is 2. The number of halogens is 1. The molecule has 2 amide bonds. The lowest BCUT2D eigenvalue weighted by molar-refractivity contribution is -1.02. The van der Waals surface area contributed by atoms with Crippen molar-refractivity contribution in [3.8, 4) is 0 Å². The molecule has 8 heteroatoms. The second-order valence-corrected chi connectivity index (χ2v) is 11.8. The summed E-state index contributed by atoms with van der Waals surface area (Å²) in [4.78, 5) is 33.0. The zero-order chi connectivity index (χ0) is 24.7. The number of nitrogens with one attached hydrogen (secondary N) is 2. The second kappa shape index (κ2) is 9.67. The van der Waals surface area contributed by atoms with Gasteiger partial charge in [0.2, 0.25) is 10.8 Å². The van der Waals surface area contributed by atoms with Crippen LogP contribution in [-0.4, -0.2) is 50.4 Å². The highest BCUT2D eigenvalue weighted by Gasteiger charge is 2.61. The second-order valence-electron chi connectivity index (χ2n) is 9.71. The Labute approximate surface area is 224 Å². The molecule has 6 nitrogen and oxygen atoms in total. The van der Waals surface area contributed by atoms with Crippen LogP contribution in [0.2, 0.25) is 0 Å². The van der Waals surface area contributed by atoms with E-state index in [9.17, 15) is 9.59 Å². The van der Waals surface area contributed by atoms with Crippen LogP contribution >= 0.6 is 27.7 Å². The monoisotopic (exact) mass is 564 g/mol. The number of nitrogens with zero attached hydrogens (tertiary/aromatic N) is 2. The zero-order valence-electron chi connectivity index (χ0n) is 20.0. The van der Waals surface area contributed by atoms with Gasteiger partial charge in [0.25, 0.3) is 5.91 Å². The SMILES string of the molecule is O=C1CS[C@]2(C(=O)N(C[NH+]3CC[NH+](Cc4ccccc4)CC3)c3ccccc32)N1c1ccc(Br)cc1. The molecule has 36 heavy (non-hydrogen) atoms. The van der Waals surface area contributed by atoms with Crippen LogP contribution in [0.4, 0.5) is 11.4 Å². The van der Waals surface area contributed by atoms with E-state index >= 15 is 0 Å². The third-order valence-electron chi connectivity index (χ3n) is 7.49. The van der Waals surface area contributed by atoms with Gasteiger partial charge in [-0.15, -0.1) is 11.8 Å². The molecule has 0 aliphatic carbocycles. The molecule has 2 fully saturated rings. The number of fused-ring (bicyclic) bond motifs is 2. The predicted molar refractivity (Wildman–Crippen MR) is 146 cm³/mol. The van der Waals surface area contributed by atoms with Gasteiger partial charge in [0, 0.05) is 21.3 Å². The topological polar surface area (TPSA) is 49.5 Å². The van der Waals surface area contributed by atoms with Crippen LogP contribution < -0.4 is 19.6 Å². The van der Waals surface area contributed by atoms with E-state index in [0.717, 1.165) is 54.1 Å². The van der Waals surface area contributed by atoms with Crippen molar-refractivity contribution in [1.82, 2.24) is 0 Å². The van der Waals surface area contributed by atoms with Crippen LogP contribution in [0.1, 0.15) is 11.1 Å². The fourth-order valence-electron chi connectivity index (χ4n) is 5.70. The van der Waals surface area contributed by atoms with Gasteiger partial charge in [0.15, 0.2) is 6.67 Å². The molecule has 3 aliphatic heterocycles. The van der Waals surface area contributed by atoms with E-state index in [2.05, 4.69) is 46.3 Å². The first kappa shape index (κ1) is 23.7. The number of quaternary nitrogens is 2. The van der Waals surface area contributed by atoms with Crippen molar-refractivity contribution >= 4 is 50.9 Å². The third-order valence-corrected chi connectivity index (χ3v) is 9.41. The molecular formula is C28H29BrN4O2S+2. The van der Waals surface area contributed by atoms with Crippen molar-refractivity contribution in [2.75, 3.05) is 48.4 Å². The maximum Gasteiger partial charge on any atom is 0.273 e. The van der Waals surface area contributed by atoms with Crippen LogP contribution in [-0.2, 0) is 21.0 Å². The van der Waals surface area contributed by atoms with Crippen LogP contribution in [0.5, 0.6) is 0 Å². The number of anilines is 2. The number of amides is 2. The van der Waals surface area contributed by atoms with Gasteiger partial charge in [0.1, 0.15) is 32.7 Å². The van der Waals surface area contributed by atoms with Crippen molar-refractivity contribution in [2.24, 2.45) is 0 Å². The maximum atomic E-state index is 14.2. The summed E-state index contributed by atoms with van der Waals surface area (Å²) in [5, 5.41) is 0. The van der Waals surface area contributed by atoms with Gasteiger partial charge in [0.05, 0.1) is 11.4 Å². The lowest BCUT2D eigenvalue weighted by Gasteiger charge is -2.34. The van der Waals surface area contributed by atoms with Crippen molar-refractivity contribution in [1.29, 1.82) is 0 Å². The molecule has 0 radical (unpaired) electrons. The summed E-state index contributed by atoms with van der Waals surface area (Å²) in [6.07, 6.45) is 0. The van der Waals surface area contributed by atoms with Gasteiger partial charge in [-0.2, -0.15) is 0 Å². The Morgan fingerprint density at radius 1 is 0.833 bits per heavy atom. The minimum Gasteiger partial charge on any atom is -0.322 e. The van der Waals surface area contributed by atoms with Gasteiger partial charge >= 0.3 is 0 Å². The number of hydrogen-bond donors (Lipinski definition) is 2. The number of rotatable bonds is 5. The van der Waals surface area contributed by atoms with Gasteiger partial charge in [-0.3, -0.25) is 19.4 Å². The molecule has 2 N–H and O–H groups in total. The number of thioether (sulfide) groups is 1. The Balaban J connectivity index is 1.24. The molecule has 1 spiro atoms. The molecule has 3 heterocycles. The molecule has 6 rings (SSSR count). The fourth-order valence-corrected chi connectivity index (χ4v) is 7.33. The quantitative estimate of drug-likeness (QED) is 0.495. The van der Waals surface area contributed by atoms with E-state index < -0.39 is 4.87 Å². The molecule has 0 bridgehead atoms. The average molecular weight is 566 g/mol. The largest absolute Gasteiger partial charge is 0.322 e. The minimum absolute atomic E-state index is 0.00553. The van der Waals surface area contributed by atoms with Crippen molar-refractivity contribution < 1.29 is 19.4 Å². The number of hydrogen-bond acceptors (Lipinski definition) is 3. The number of carbonyl (C=O) groups excluding carboxylic acids is 2. The van der Waals surface area contributed by atoms with E-state index in [1.54, 1.807) is 9.80 Å². The van der Waals surface area contributed by atoms with E-state index in [1.165, 1.54) is 22.2 Å². The molecule has 3 aliphatic rings. The lowest BCUT2D eigenvalue weighted by Crippen LogP contribution is -3.28. The summed E-state index contributed by atoms with van der Waals surface area (Å²) in [5.41, 5.74) is 3.97. The van der Waals surface area contributed by atoms with Crippen LogP contribution in [0.25, 0.3) is 0 Å². The summed E-state index contributed by atoms with van der Waals surface area (Å²) < 4.78 is 0.941. The highest BCUT2D eigenvalue weighted by atomic mass is 79.9. The third kappa shape index (κ3) is 4.06. The van der Waals surface area contributed by atoms with Crippen molar-refractivity contribution in [3.05, 3.63) is 94.5 Å². The Bertz CT molecular complexity index is 1280. The lowest BCUT2D eigenvalue weighted by atomic mass is 10.0.